The molecule has 0 bridgehead atoms. The van der Waals surface area contributed by atoms with E-state index in [-0.39, 0.29) is 10.6 Å². The number of rotatable bonds is 7. The summed E-state index contributed by atoms with van der Waals surface area (Å²) < 4.78 is 6.25. The highest BCUT2D eigenvalue weighted by Crippen LogP contribution is 2.29. The Kier molecular flexibility index (Phi) is 4.98. The van der Waals surface area contributed by atoms with E-state index in [2.05, 4.69) is 4.90 Å². The van der Waals surface area contributed by atoms with E-state index in [1.807, 2.05) is 35.7 Å². The molecule has 0 amide bonds. The minimum absolute atomic E-state index is 0.155. The van der Waals surface area contributed by atoms with Gasteiger partial charge in [0.2, 0.25) is 0 Å². The summed E-state index contributed by atoms with van der Waals surface area (Å²) in [5.41, 5.74) is 1.13. The van der Waals surface area contributed by atoms with Crippen molar-refractivity contribution >= 4 is 34.0 Å². The lowest BCUT2D eigenvalue weighted by atomic mass is 10.2. The molecule has 1 fully saturated rings. The van der Waals surface area contributed by atoms with Crippen molar-refractivity contribution in [2.45, 2.75) is 12.8 Å². The minimum Gasteiger partial charge on any atom is -0.379 e. The van der Waals surface area contributed by atoms with Crippen molar-refractivity contribution in [1.82, 2.24) is 0 Å². The van der Waals surface area contributed by atoms with E-state index in [0.717, 1.165) is 24.8 Å². The number of hydrogen-bond donors (Lipinski definition) is 0. The molecule has 1 aromatic carbocycles. The van der Waals surface area contributed by atoms with Crippen LogP contribution in [-0.4, -0.2) is 31.7 Å². The van der Waals surface area contributed by atoms with Crippen LogP contribution in [-0.2, 0) is 4.74 Å². The molecule has 0 saturated heterocycles. The average Bonchev–Trinajstić information content (AvgIpc) is 3.17. The summed E-state index contributed by atoms with van der Waals surface area (Å²) in [7, 11) is 1.97. The van der Waals surface area contributed by atoms with Gasteiger partial charge in [0.1, 0.15) is 0 Å². The van der Waals surface area contributed by atoms with Gasteiger partial charge in [-0.1, -0.05) is 0 Å². The molecule has 19 heavy (non-hydrogen) atoms. The molecule has 1 saturated carbocycles. The first-order valence-electron chi connectivity index (χ1n) is 6.30. The Morgan fingerprint density at radius 2 is 2.26 bits per heavy atom. The first-order chi connectivity index (χ1) is 9.08. The van der Waals surface area contributed by atoms with Crippen LogP contribution in [0.4, 0.5) is 11.4 Å². The number of halogens is 1. The predicted molar refractivity (Wildman–Crippen MR) is 82.6 cm³/mol. The summed E-state index contributed by atoms with van der Waals surface area (Å²) in [6.45, 7) is 2.35. The lowest BCUT2D eigenvalue weighted by molar-refractivity contribution is -0.385. The number of benzene rings is 1. The molecule has 0 aromatic heterocycles. The summed E-state index contributed by atoms with van der Waals surface area (Å²) >= 11 is 2.00. The van der Waals surface area contributed by atoms with Crippen LogP contribution < -0.4 is 4.90 Å². The zero-order chi connectivity index (χ0) is 13.8. The van der Waals surface area contributed by atoms with Crippen molar-refractivity contribution < 1.29 is 9.66 Å². The van der Waals surface area contributed by atoms with E-state index >= 15 is 0 Å². The lowest BCUT2D eigenvalue weighted by Crippen LogP contribution is -2.23. The third-order valence-electron chi connectivity index (χ3n) is 3.19. The maximum Gasteiger partial charge on any atom is 0.282 e. The molecule has 0 atom stereocenters. The highest BCUT2D eigenvalue weighted by Gasteiger charge is 2.21. The molecule has 0 unspecified atom stereocenters. The molecule has 5 nitrogen and oxygen atoms in total. The Morgan fingerprint density at radius 3 is 2.84 bits per heavy atom. The van der Waals surface area contributed by atoms with Crippen LogP contribution in [0.3, 0.4) is 0 Å². The zero-order valence-electron chi connectivity index (χ0n) is 10.8. The molecule has 6 heteroatoms. The van der Waals surface area contributed by atoms with Gasteiger partial charge in [-0.2, -0.15) is 0 Å². The first kappa shape index (κ1) is 14.5. The summed E-state index contributed by atoms with van der Waals surface area (Å²) in [5.74, 6) is 0.783. The maximum absolute atomic E-state index is 10.8. The average molecular weight is 376 g/mol. The van der Waals surface area contributed by atoms with Gasteiger partial charge >= 0.3 is 0 Å². The second-order valence-electron chi connectivity index (χ2n) is 4.83. The molecule has 0 N–H and O–H groups in total. The van der Waals surface area contributed by atoms with Gasteiger partial charge in [-0.05, 0) is 53.5 Å². The number of nitrogens with zero attached hydrogens (tertiary/aromatic N) is 2. The fourth-order valence-electron chi connectivity index (χ4n) is 1.75. The van der Waals surface area contributed by atoms with Crippen LogP contribution in [0.2, 0.25) is 0 Å². The third-order valence-corrected chi connectivity index (χ3v) is 4.05. The van der Waals surface area contributed by atoms with Crippen molar-refractivity contribution in [3.63, 3.8) is 0 Å². The Hall–Kier alpha value is -0.890. The molecule has 1 aliphatic carbocycles. The molecule has 0 radical (unpaired) electrons. The highest BCUT2D eigenvalue weighted by molar-refractivity contribution is 14.1. The number of nitro benzene ring substituents is 1. The van der Waals surface area contributed by atoms with Gasteiger partial charge in [0.05, 0.1) is 15.1 Å². The summed E-state index contributed by atoms with van der Waals surface area (Å²) in [5, 5.41) is 10.8. The second-order valence-corrected chi connectivity index (χ2v) is 5.99. The normalized spacial score (nSPS) is 14.4. The molecule has 0 spiro atoms. The second kappa shape index (κ2) is 6.51. The molecular formula is C13H17IN2O3. The lowest BCUT2D eigenvalue weighted by Gasteiger charge is -2.19. The highest BCUT2D eigenvalue weighted by atomic mass is 127. The molecule has 104 valence electrons. The van der Waals surface area contributed by atoms with E-state index in [9.17, 15) is 10.1 Å². The fourth-order valence-corrected chi connectivity index (χ4v) is 2.44. The van der Waals surface area contributed by atoms with Crippen LogP contribution >= 0.6 is 22.6 Å². The van der Waals surface area contributed by atoms with Crippen molar-refractivity contribution in [3.05, 3.63) is 31.9 Å². The zero-order valence-corrected chi connectivity index (χ0v) is 13.0. The smallest absolute Gasteiger partial charge is 0.282 e. The van der Waals surface area contributed by atoms with Gasteiger partial charge in [-0.15, -0.1) is 0 Å². The van der Waals surface area contributed by atoms with Gasteiger partial charge in [0.15, 0.2) is 0 Å². The van der Waals surface area contributed by atoms with Crippen molar-refractivity contribution in [2.24, 2.45) is 5.92 Å². The number of ether oxygens (including phenoxy) is 1. The van der Waals surface area contributed by atoms with E-state index in [1.54, 1.807) is 12.1 Å². The summed E-state index contributed by atoms with van der Waals surface area (Å²) in [4.78, 5) is 12.4. The number of likely N-dealkylation sites (N-methyl/N-ethyl adjacent to an activating group) is 1. The van der Waals surface area contributed by atoms with E-state index < -0.39 is 0 Å². The van der Waals surface area contributed by atoms with E-state index in [0.29, 0.717) is 10.2 Å². The van der Waals surface area contributed by atoms with Gasteiger partial charge in [0.25, 0.3) is 5.69 Å². The fraction of sp³-hybridized carbons (Fsp3) is 0.538. The van der Waals surface area contributed by atoms with Crippen LogP contribution in [0.5, 0.6) is 0 Å². The van der Waals surface area contributed by atoms with Crippen molar-refractivity contribution in [2.75, 3.05) is 31.7 Å². The first-order valence-corrected chi connectivity index (χ1v) is 7.38. The SMILES string of the molecule is CN(CCOCC1CC1)c1ccc([N+](=O)[O-])c(I)c1. The monoisotopic (exact) mass is 376 g/mol. The van der Waals surface area contributed by atoms with Crippen LogP contribution in [0, 0.1) is 19.6 Å². The van der Waals surface area contributed by atoms with Crippen molar-refractivity contribution in [3.8, 4) is 0 Å². The van der Waals surface area contributed by atoms with Gasteiger partial charge in [-0.25, -0.2) is 0 Å². The Bertz CT molecular complexity index is 463. The topological polar surface area (TPSA) is 55.6 Å². The quantitative estimate of drug-likeness (QED) is 0.318. The van der Waals surface area contributed by atoms with Crippen LogP contribution in [0.15, 0.2) is 18.2 Å². The predicted octanol–water partition coefficient (Wildman–Crippen LogP) is 3.06. The molecule has 2 rings (SSSR count). The Morgan fingerprint density at radius 1 is 1.53 bits per heavy atom. The minimum atomic E-state index is -0.357. The molecular weight excluding hydrogens is 359 g/mol. The number of hydrogen-bond acceptors (Lipinski definition) is 4. The Labute approximate surface area is 126 Å². The standard InChI is InChI=1S/C13H17IN2O3/c1-15(6-7-19-9-10-2-3-10)11-4-5-13(16(17)18)12(14)8-11/h4-5,8,10H,2-3,6-7,9H2,1H3. The van der Waals surface area contributed by atoms with Gasteiger partial charge < -0.3 is 9.64 Å². The third kappa shape index (κ3) is 4.31. The van der Waals surface area contributed by atoms with Crippen LogP contribution in [0.1, 0.15) is 12.8 Å². The maximum atomic E-state index is 10.8. The molecule has 1 aliphatic rings. The summed E-state index contributed by atoms with van der Waals surface area (Å²) in [6, 6.07) is 5.17. The summed E-state index contributed by atoms with van der Waals surface area (Å²) in [6.07, 6.45) is 2.60. The number of anilines is 1. The largest absolute Gasteiger partial charge is 0.379 e. The molecule has 0 aliphatic heterocycles. The van der Waals surface area contributed by atoms with Crippen molar-refractivity contribution in [1.29, 1.82) is 0 Å². The van der Waals surface area contributed by atoms with Gasteiger partial charge in [0, 0.05) is 32.0 Å². The molecule has 1 aromatic rings. The van der Waals surface area contributed by atoms with Crippen LogP contribution in [0.25, 0.3) is 0 Å². The van der Waals surface area contributed by atoms with E-state index in [1.165, 1.54) is 12.8 Å². The van der Waals surface area contributed by atoms with Gasteiger partial charge in [-0.3, -0.25) is 10.1 Å². The van der Waals surface area contributed by atoms with E-state index in [4.69, 9.17) is 4.74 Å². The Balaban J connectivity index is 1.85. The number of nitro groups is 1. The molecule has 0 heterocycles.